The summed E-state index contributed by atoms with van der Waals surface area (Å²) in [5.41, 5.74) is 2.55. The lowest BCUT2D eigenvalue weighted by Crippen LogP contribution is -1.91. The van der Waals surface area contributed by atoms with Crippen molar-refractivity contribution in [1.29, 1.82) is 10.5 Å². The molecule has 0 unspecified atom stereocenters. The highest BCUT2D eigenvalue weighted by molar-refractivity contribution is 5.62. The Hall–Kier alpha value is -3.18. The zero-order valence-electron chi connectivity index (χ0n) is 9.78. The van der Waals surface area contributed by atoms with Crippen molar-refractivity contribution in [3.63, 3.8) is 0 Å². The summed E-state index contributed by atoms with van der Waals surface area (Å²) in [7, 11) is 0. The number of hydrogen-bond acceptors (Lipinski definition) is 4. The Kier molecular flexibility index (Phi) is 2.45. The van der Waals surface area contributed by atoms with Crippen LogP contribution in [0.15, 0.2) is 42.6 Å². The van der Waals surface area contributed by atoms with Crippen molar-refractivity contribution >= 4 is 5.65 Å². The number of pyridine rings is 1. The molecule has 0 aliphatic heterocycles. The second-order valence-corrected chi connectivity index (χ2v) is 3.97. The first-order chi connectivity index (χ1) is 9.31. The maximum absolute atomic E-state index is 8.93. The molecule has 3 aromatic rings. The van der Waals surface area contributed by atoms with Crippen LogP contribution in [0.3, 0.4) is 0 Å². The Balaban J connectivity index is 2.25. The lowest BCUT2D eigenvalue weighted by molar-refractivity contribution is 1.11. The predicted octanol–water partition coefficient (Wildman–Crippen LogP) is 2.14. The standard InChI is InChI=1S/C14H7N5/c15-7-10-2-1-3-12(6-10)14-18-17-13-5-4-11(8-16)9-19(13)14/h1-6,9H. The van der Waals surface area contributed by atoms with E-state index < -0.39 is 0 Å². The molecule has 1 aromatic carbocycles. The summed E-state index contributed by atoms with van der Waals surface area (Å²) in [6, 6.07) is 14.7. The molecule has 0 aliphatic rings. The summed E-state index contributed by atoms with van der Waals surface area (Å²) in [5.74, 6) is 0.615. The van der Waals surface area contributed by atoms with Crippen molar-refractivity contribution in [3.05, 3.63) is 53.7 Å². The zero-order valence-corrected chi connectivity index (χ0v) is 9.78. The maximum atomic E-state index is 8.93. The summed E-state index contributed by atoms with van der Waals surface area (Å²) in [6.45, 7) is 0. The van der Waals surface area contributed by atoms with E-state index in [1.54, 1.807) is 40.9 Å². The van der Waals surface area contributed by atoms with Gasteiger partial charge in [0.1, 0.15) is 6.07 Å². The monoisotopic (exact) mass is 245 g/mol. The number of fused-ring (bicyclic) bond motifs is 1. The van der Waals surface area contributed by atoms with Gasteiger partial charge in [0.25, 0.3) is 0 Å². The number of nitrogens with zero attached hydrogens (tertiary/aromatic N) is 5. The molecule has 0 N–H and O–H groups in total. The summed E-state index contributed by atoms with van der Waals surface area (Å²) >= 11 is 0. The molecule has 0 radical (unpaired) electrons. The first-order valence-corrected chi connectivity index (χ1v) is 5.57. The van der Waals surface area contributed by atoms with Gasteiger partial charge < -0.3 is 0 Å². The molecule has 0 aliphatic carbocycles. The minimum absolute atomic E-state index is 0.532. The molecular weight excluding hydrogens is 238 g/mol. The van der Waals surface area contributed by atoms with Crippen LogP contribution in [0.1, 0.15) is 11.1 Å². The number of nitriles is 2. The van der Waals surface area contributed by atoms with Crippen molar-refractivity contribution in [2.75, 3.05) is 0 Å². The second kappa shape index (κ2) is 4.25. The lowest BCUT2D eigenvalue weighted by Gasteiger charge is -2.00. The predicted molar refractivity (Wildman–Crippen MR) is 67.9 cm³/mol. The highest BCUT2D eigenvalue weighted by Gasteiger charge is 2.09. The molecule has 0 amide bonds. The number of benzene rings is 1. The van der Waals surface area contributed by atoms with Gasteiger partial charge in [0.05, 0.1) is 17.2 Å². The van der Waals surface area contributed by atoms with E-state index >= 15 is 0 Å². The zero-order chi connectivity index (χ0) is 13.2. The summed E-state index contributed by atoms with van der Waals surface area (Å²) < 4.78 is 1.75. The van der Waals surface area contributed by atoms with E-state index in [1.165, 1.54) is 0 Å². The van der Waals surface area contributed by atoms with Crippen LogP contribution in [0.4, 0.5) is 0 Å². The average molecular weight is 245 g/mol. The minimum atomic E-state index is 0.532. The van der Waals surface area contributed by atoms with Crippen molar-refractivity contribution in [3.8, 4) is 23.5 Å². The first-order valence-electron chi connectivity index (χ1n) is 5.57. The van der Waals surface area contributed by atoms with Crippen LogP contribution < -0.4 is 0 Å². The van der Waals surface area contributed by atoms with E-state index in [9.17, 15) is 0 Å². The van der Waals surface area contributed by atoms with Gasteiger partial charge in [-0.15, -0.1) is 10.2 Å². The molecular formula is C14H7N5. The number of rotatable bonds is 1. The summed E-state index contributed by atoms with van der Waals surface area (Å²) in [5, 5.41) is 26.0. The molecule has 5 nitrogen and oxygen atoms in total. The van der Waals surface area contributed by atoms with Gasteiger partial charge in [0.15, 0.2) is 11.5 Å². The fourth-order valence-corrected chi connectivity index (χ4v) is 1.88. The third-order valence-corrected chi connectivity index (χ3v) is 2.78. The third-order valence-electron chi connectivity index (χ3n) is 2.78. The molecule has 0 bridgehead atoms. The van der Waals surface area contributed by atoms with Crippen LogP contribution in [0.5, 0.6) is 0 Å². The quantitative estimate of drug-likeness (QED) is 0.658. The fraction of sp³-hybridized carbons (Fsp3) is 0. The molecule has 0 spiro atoms. The highest BCUT2D eigenvalue weighted by Crippen LogP contribution is 2.19. The first kappa shape index (κ1) is 10.9. The van der Waals surface area contributed by atoms with Gasteiger partial charge >= 0.3 is 0 Å². The van der Waals surface area contributed by atoms with Gasteiger partial charge in [0, 0.05) is 11.8 Å². The normalized spacial score (nSPS) is 10.0. The highest BCUT2D eigenvalue weighted by atomic mass is 15.2. The van der Waals surface area contributed by atoms with Crippen LogP contribution >= 0.6 is 0 Å². The molecule has 0 saturated heterocycles. The Morgan fingerprint density at radius 1 is 0.947 bits per heavy atom. The Morgan fingerprint density at radius 3 is 2.58 bits per heavy atom. The van der Waals surface area contributed by atoms with Crippen LogP contribution in [-0.2, 0) is 0 Å². The Morgan fingerprint density at radius 2 is 1.79 bits per heavy atom. The van der Waals surface area contributed by atoms with Crippen LogP contribution in [0, 0.1) is 22.7 Å². The van der Waals surface area contributed by atoms with E-state index in [-0.39, 0.29) is 0 Å². The number of hydrogen-bond donors (Lipinski definition) is 0. The van der Waals surface area contributed by atoms with E-state index in [0.717, 1.165) is 5.56 Å². The maximum Gasteiger partial charge on any atom is 0.168 e. The summed E-state index contributed by atoms with van der Waals surface area (Å²) in [6.07, 6.45) is 1.68. The smallest absolute Gasteiger partial charge is 0.168 e. The largest absolute Gasteiger partial charge is 0.281 e. The van der Waals surface area contributed by atoms with Crippen molar-refractivity contribution in [2.24, 2.45) is 0 Å². The van der Waals surface area contributed by atoms with Gasteiger partial charge in [-0.25, -0.2) is 0 Å². The molecule has 5 heteroatoms. The SMILES string of the molecule is N#Cc1cccc(-c2nnc3ccc(C#N)cn23)c1. The minimum Gasteiger partial charge on any atom is -0.281 e. The van der Waals surface area contributed by atoms with Gasteiger partial charge in [-0.05, 0) is 24.3 Å². The molecule has 3 rings (SSSR count). The van der Waals surface area contributed by atoms with Crippen LogP contribution in [0.2, 0.25) is 0 Å². The van der Waals surface area contributed by atoms with Gasteiger partial charge in [-0.1, -0.05) is 12.1 Å². The molecule has 0 saturated carbocycles. The van der Waals surface area contributed by atoms with E-state index in [4.69, 9.17) is 10.5 Å². The molecule has 88 valence electrons. The Labute approximate surface area is 109 Å². The summed E-state index contributed by atoms with van der Waals surface area (Å²) in [4.78, 5) is 0. The topological polar surface area (TPSA) is 77.8 Å². The van der Waals surface area contributed by atoms with Gasteiger partial charge in [0.2, 0.25) is 0 Å². The molecule has 2 heterocycles. The molecule has 0 fully saturated rings. The number of aromatic nitrogens is 3. The van der Waals surface area contributed by atoms with E-state index in [0.29, 0.717) is 22.6 Å². The lowest BCUT2D eigenvalue weighted by atomic mass is 10.1. The van der Waals surface area contributed by atoms with Gasteiger partial charge in [-0.2, -0.15) is 10.5 Å². The average Bonchev–Trinajstić information content (AvgIpc) is 2.90. The molecule has 0 atom stereocenters. The second-order valence-electron chi connectivity index (χ2n) is 3.97. The van der Waals surface area contributed by atoms with Crippen molar-refractivity contribution < 1.29 is 0 Å². The fourth-order valence-electron chi connectivity index (χ4n) is 1.88. The third kappa shape index (κ3) is 1.80. The molecule has 2 aromatic heterocycles. The van der Waals surface area contributed by atoms with Crippen LogP contribution in [-0.4, -0.2) is 14.6 Å². The van der Waals surface area contributed by atoms with Gasteiger partial charge in [-0.3, -0.25) is 4.40 Å². The van der Waals surface area contributed by atoms with Crippen LogP contribution in [0.25, 0.3) is 17.0 Å². The van der Waals surface area contributed by atoms with E-state index in [2.05, 4.69) is 22.3 Å². The van der Waals surface area contributed by atoms with E-state index in [1.807, 2.05) is 6.07 Å². The van der Waals surface area contributed by atoms with Crippen molar-refractivity contribution in [1.82, 2.24) is 14.6 Å². The molecule has 19 heavy (non-hydrogen) atoms. The Bertz CT molecular complexity index is 848. The van der Waals surface area contributed by atoms with Crippen molar-refractivity contribution in [2.45, 2.75) is 0 Å².